The highest BCUT2D eigenvalue weighted by molar-refractivity contribution is 5.95. The summed E-state index contributed by atoms with van der Waals surface area (Å²) in [5.74, 6) is 2.49. The molecule has 5 rings (SSSR count). The van der Waals surface area contributed by atoms with Crippen molar-refractivity contribution in [1.29, 1.82) is 0 Å². The van der Waals surface area contributed by atoms with E-state index in [9.17, 15) is 5.11 Å². The summed E-state index contributed by atoms with van der Waals surface area (Å²) in [5.41, 5.74) is 3.51. The van der Waals surface area contributed by atoms with Gasteiger partial charge in [0, 0.05) is 13.2 Å². The van der Waals surface area contributed by atoms with Crippen LogP contribution in [-0.4, -0.2) is 21.3 Å². The Morgan fingerprint density at radius 1 is 0.935 bits per heavy atom. The molecule has 0 saturated heterocycles. The van der Waals surface area contributed by atoms with Crippen molar-refractivity contribution in [3.8, 4) is 5.75 Å². The first-order chi connectivity index (χ1) is 15.3. The molecule has 0 aliphatic heterocycles. The summed E-state index contributed by atoms with van der Waals surface area (Å²) in [6.45, 7) is 1.31. The molecule has 0 atom stereocenters. The third-order valence-corrected chi connectivity index (χ3v) is 6.56. The van der Waals surface area contributed by atoms with Gasteiger partial charge in [0.25, 0.3) is 0 Å². The van der Waals surface area contributed by atoms with E-state index in [0.29, 0.717) is 18.9 Å². The lowest BCUT2D eigenvalue weighted by Gasteiger charge is -2.22. The van der Waals surface area contributed by atoms with Gasteiger partial charge in [-0.1, -0.05) is 55.7 Å². The lowest BCUT2D eigenvalue weighted by molar-refractivity contribution is 0.269. The number of rotatable bonds is 7. The number of ether oxygens (including phenoxy) is 1. The molecule has 1 fully saturated rings. The van der Waals surface area contributed by atoms with Gasteiger partial charge in [-0.05, 0) is 65.8 Å². The minimum atomic E-state index is 0.163. The Hall–Kier alpha value is -2.85. The largest absolute Gasteiger partial charge is 0.486 e. The van der Waals surface area contributed by atoms with Crippen LogP contribution in [0.3, 0.4) is 0 Å². The minimum Gasteiger partial charge on any atom is -0.486 e. The van der Waals surface area contributed by atoms with Crippen LogP contribution in [0.1, 0.15) is 55.8 Å². The zero-order valence-corrected chi connectivity index (χ0v) is 18.0. The van der Waals surface area contributed by atoms with Crippen LogP contribution in [0.25, 0.3) is 21.8 Å². The van der Waals surface area contributed by atoms with Crippen molar-refractivity contribution in [3.63, 3.8) is 0 Å². The van der Waals surface area contributed by atoms with Crippen LogP contribution >= 0.6 is 0 Å². The van der Waals surface area contributed by atoms with E-state index in [0.717, 1.165) is 29.2 Å². The number of aliphatic hydroxyl groups excluding tert-OH is 1. The van der Waals surface area contributed by atoms with Gasteiger partial charge in [0.1, 0.15) is 18.2 Å². The molecule has 160 valence electrons. The molecule has 3 aromatic carbocycles. The van der Waals surface area contributed by atoms with E-state index in [1.165, 1.54) is 48.4 Å². The van der Waals surface area contributed by atoms with Crippen LogP contribution in [0.2, 0.25) is 0 Å². The smallest absolute Gasteiger partial charge is 0.147 e. The van der Waals surface area contributed by atoms with Crippen molar-refractivity contribution in [1.82, 2.24) is 9.55 Å². The van der Waals surface area contributed by atoms with Crippen LogP contribution in [0.4, 0.5) is 0 Å². The van der Waals surface area contributed by atoms with Crippen LogP contribution < -0.4 is 4.74 Å². The number of nitrogens with zero attached hydrogens (tertiary/aromatic N) is 2. The molecule has 1 aliphatic rings. The molecular formula is C27H30N2O2. The van der Waals surface area contributed by atoms with Crippen molar-refractivity contribution in [2.45, 2.75) is 57.6 Å². The highest BCUT2D eigenvalue weighted by atomic mass is 16.5. The lowest BCUT2D eigenvalue weighted by atomic mass is 9.84. The SMILES string of the molecule is OCCCn1c(COc2ccc(C3CCCCC3)cc2)nc2cc3ccccc3cc21. The minimum absolute atomic E-state index is 0.163. The maximum Gasteiger partial charge on any atom is 0.147 e. The van der Waals surface area contributed by atoms with Crippen LogP contribution in [-0.2, 0) is 13.2 Å². The van der Waals surface area contributed by atoms with Gasteiger partial charge < -0.3 is 14.4 Å². The fraction of sp³-hybridized carbons (Fsp3) is 0.370. The molecule has 4 aromatic rings. The number of aromatic nitrogens is 2. The van der Waals surface area contributed by atoms with Crippen LogP contribution in [0.5, 0.6) is 5.75 Å². The van der Waals surface area contributed by atoms with Crippen molar-refractivity contribution in [2.75, 3.05) is 6.61 Å². The molecule has 0 radical (unpaired) electrons. The van der Waals surface area contributed by atoms with E-state index in [-0.39, 0.29) is 6.61 Å². The average molecular weight is 415 g/mol. The summed E-state index contributed by atoms with van der Waals surface area (Å²) in [6, 6.07) is 21.3. The topological polar surface area (TPSA) is 47.3 Å². The Labute approximate surface area is 183 Å². The molecule has 1 aromatic heterocycles. The fourth-order valence-electron chi connectivity index (χ4n) is 4.87. The fourth-order valence-corrected chi connectivity index (χ4v) is 4.87. The molecule has 4 nitrogen and oxygen atoms in total. The Balaban J connectivity index is 1.38. The first-order valence-electron chi connectivity index (χ1n) is 11.5. The zero-order valence-electron chi connectivity index (χ0n) is 18.0. The van der Waals surface area contributed by atoms with E-state index >= 15 is 0 Å². The Morgan fingerprint density at radius 2 is 1.68 bits per heavy atom. The molecule has 0 bridgehead atoms. The van der Waals surface area contributed by atoms with Gasteiger partial charge in [0.05, 0.1) is 11.0 Å². The van der Waals surface area contributed by atoms with Crippen molar-refractivity contribution in [3.05, 3.63) is 72.1 Å². The number of hydrogen-bond donors (Lipinski definition) is 1. The predicted molar refractivity (Wildman–Crippen MR) is 126 cm³/mol. The second-order valence-electron chi connectivity index (χ2n) is 8.64. The van der Waals surface area contributed by atoms with E-state index < -0.39 is 0 Å². The number of hydrogen-bond acceptors (Lipinski definition) is 3. The number of benzene rings is 3. The number of aryl methyl sites for hydroxylation is 1. The summed E-state index contributed by atoms with van der Waals surface area (Å²) >= 11 is 0. The molecule has 0 unspecified atom stereocenters. The van der Waals surface area contributed by atoms with Gasteiger partial charge in [-0.15, -0.1) is 0 Å². The van der Waals surface area contributed by atoms with Crippen LogP contribution in [0.15, 0.2) is 60.7 Å². The molecule has 1 heterocycles. The molecule has 1 saturated carbocycles. The highest BCUT2D eigenvalue weighted by Crippen LogP contribution is 2.33. The Kier molecular flexibility index (Phi) is 5.90. The number of fused-ring (bicyclic) bond motifs is 2. The van der Waals surface area contributed by atoms with Gasteiger partial charge in [-0.25, -0.2) is 4.98 Å². The first-order valence-corrected chi connectivity index (χ1v) is 11.5. The summed E-state index contributed by atoms with van der Waals surface area (Å²) in [4.78, 5) is 4.88. The van der Waals surface area contributed by atoms with Gasteiger partial charge in [-0.2, -0.15) is 0 Å². The highest BCUT2D eigenvalue weighted by Gasteiger charge is 2.16. The average Bonchev–Trinajstić information content (AvgIpc) is 3.17. The first kappa shape index (κ1) is 20.1. The van der Waals surface area contributed by atoms with Crippen LogP contribution in [0, 0.1) is 0 Å². The second kappa shape index (κ2) is 9.11. The molecule has 1 aliphatic carbocycles. The van der Waals surface area contributed by atoms with Crippen molar-refractivity contribution < 1.29 is 9.84 Å². The van der Waals surface area contributed by atoms with Gasteiger partial charge in [0.2, 0.25) is 0 Å². The normalized spacial score (nSPS) is 15.0. The standard InChI is InChI=1S/C27H30N2O2/c30-16-6-15-29-26-18-23-10-5-4-9-22(23)17-25(26)28-27(29)19-31-24-13-11-21(12-14-24)20-7-2-1-3-8-20/h4-5,9-14,17-18,20,30H,1-3,6-8,15-16,19H2. The van der Waals surface area contributed by atoms with Crippen molar-refractivity contribution in [2.24, 2.45) is 0 Å². The maximum absolute atomic E-state index is 9.38. The van der Waals surface area contributed by atoms with Crippen molar-refractivity contribution >= 4 is 21.8 Å². The summed E-state index contributed by atoms with van der Waals surface area (Å²) in [7, 11) is 0. The molecule has 4 heteroatoms. The molecule has 1 N–H and O–H groups in total. The quantitative estimate of drug-likeness (QED) is 0.392. The number of imidazole rings is 1. The molecule has 31 heavy (non-hydrogen) atoms. The summed E-state index contributed by atoms with van der Waals surface area (Å²) in [6.07, 6.45) is 7.39. The lowest BCUT2D eigenvalue weighted by Crippen LogP contribution is -2.09. The van der Waals surface area contributed by atoms with E-state index in [2.05, 4.69) is 65.2 Å². The van der Waals surface area contributed by atoms with E-state index in [1.54, 1.807) is 0 Å². The number of aliphatic hydroxyl groups is 1. The molecule has 0 amide bonds. The monoisotopic (exact) mass is 414 g/mol. The van der Waals surface area contributed by atoms with Gasteiger partial charge in [0.15, 0.2) is 0 Å². The van der Waals surface area contributed by atoms with E-state index in [4.69, 9.17) is 9.72 Å². The Morgan fingerprint density at radius 3 is 2.42 bits per heavy atom. The molecule has 0 spiro atoms. The maximum atomic E-state index is 9.38. The summed E-state index contributed by atoms with van der Waals surface area (Å²) < 4.78 is 8.33. The summed E-state index contributed by atoms with van der Waals surface area (Å²) in [5, 5.41) is 11.8. The zero-order chi connectivity index (χ0) is 21.0. The molecular weight excluding hydrogens is 384 g/mol. The van der Waals surface area contributed by atoms with E-state index in [1.807, 2.05) is 0 Å². The Bertz CT molecular complexity index is 1160. The second-order valence-corrected chi connectivity index (χ2v) is 8.64. The third kappa shape index (κ3) is 4.31. The van der Waals surface area contributed by atoms with Gasteiger partial charge in [-0.3, -0.25) is 0 Å². The van der Waals surface area contributed by atoms with Gasteiger partial charge >= 0.3 is 0 Å². The predicted octanol–water partition coefficient (Wildman–Crippen LogP) is 6.20. The third-order valence-electron chi connectivity index (χ3n) is 6.56.